The van der Waals surface area contributed by atoms with E-state index in [4.69, 9.17) is 9.47 Å². The van der Waals surface area contributed by atoms with Crippen molar-refractivity contribution in [2.24, 2.45) is 0 Å². The van der Waals surface area contributed by atoms with Gasteiger partial charge in [0.15, 0.2) is 6.10 Å². The van der Waals surface area contributed by atoms with Crippen molar-refractivity contribution < 1.29 is 29.6 Å². The van der Waals surface area contributed by atoms with Gasteiger partial charge in [0, 0.05) is 11.6 Å². The van der Waals surface area contributed by atoms with Gasteiger partial charge in [0.25, 0.3) is 0 Å². The molecule has 0 unspecified atom stereocenters. The predicted octanol–water partition coefficient (Wildman–Crippen LogP) is 3.64. The summed E-state index contributed by atoms with van der Waals surface area (Å²) in [5, 5.41) is 30.2. The van der Waals surface area contributed by atoms with Gasteiger partial charge in [-0.1, -0.05) is 17.7 Å². The van der Waals surface area contributed by atoms with Gasteiger partial charge >= 0.3 is 0 Å². The molecule has 3 rings (SSSR count). The second-order valence-electron chi connectivity index (χ2n) is 6.69. The molecule has 0 amide bonds. The number of hydrogen-bond acceptors (Lipinski definition) is 6. The molecule has 3 N–H and O–H groups in total. The van der Waals surface area contributed by atoms with E-state index >= 15 is 0 Å². The summed E-state index contributed by atoms with van der Waals surface area (Å²) in [7, 11) is 1.36. The molecule has 1 aliphatic heterocycles. The number of Topliss-reactive ketones (excluding diaryl/α,β-unsaturated/α-hetero) is 1. The van der Waals surface area contributed by atoms with E-state index in [1.807, 2.05) is 6.92 Å². The monoisotopic (exact) mass is 370 g/mol. The van der Waals surface area contributed by atoms with Crippen LogP contribution in [0.15, 0.2) is 42.5 Å². The minimum atomic E-state index is -0.757. The van der Waals surface area contributed by atoms with Crippen LogP contribution in [0.3, 0.4) is 0 Å². The highest BCUT2D eigenvalue weighted by Crippen LogP contribution is 2.46. The predicted molar refractivity (Wildman–Crippen MR) is 99.5 cm³/mol. The average molecular weight is 370 g/mol. The first kappa shape index (κ1) is 18.8. The first-order valence-corrected chi connectivity index (χ1v) is 8.58. The maximum Gasteiger partial charge on any atom is 0.202 e. The molecule has 27 heavy (non-hydrogen) atoms. The van der Waals surface area contributed by atoms with Crippen molar-refractivity contribution in [3.8, 4) is 23.0 Å². The SMILES string of the molecule is C=C(C)CCc1c(O)cc(OC)c(C(=O)[C@@H]2O[C@@H]2c2ccc(O)cc2)c1O. The van der Waals surface area contributed by atoms with Crippen molar-refractivity contribution in [1.82, 2.24) is 0 Å². The number of carbonyl (C=O) groups is 1. The summed E-state index contributed by atoms with van der Waals surface area (Å²) in [4.78, 5) is 12.9. The van der Waals surface area contributed by atoms with E-state index in [-0.39, 0.29) is 34.1 Å². The van der Waals surface area contributed by atoms with E-state index in [0.29, 0.717) is 12.8 Å². The summed E-state index contributed by atoms with van der Waals surface area (Å²) < 4.78 is 10.7. The topological polar surface area (TPSA) is 99.5 Å². The summed E-state index contributed by atoms with van der Waals surface area (Å²) in [5.74, 6) is -0.623. The van der Waals surface area contributed by atoms with Crippen LogP contribution >= 0.6 is 0 Å². The zero-order valence-electron chi connectivity index (χ0n) is 15.2. The number of methoxy groups -OCH3 is 1. The Morgan fingerprint density at radius 1 is 1.22 bits per heavy atom. The molecular formula is C21H22O6. The zero-order chi connectivity index (χ0) is 19.7. The van der Waals surface area contributed by atoms with Gasteiger partial charge in [-0.25, -0.2) is 0 Å². The fourth-order valence-corrected chi connectivity index (χ4v) is 3.03. The molecule has 1 saturated heterocycles. The van der Waals surface area contributed by atoms with E-state index in [9.17, 15) is 20.1 Å². The highest BCUT2D eigenvalue weighted by atomic mass is 16.6. The van der Waals surface area contributed by atoms with Crippen LogP contribution in [0.4, 0.5) is 0 Å². The molecule has 1 aliphatic rings. The average Bonchev–Trinajstić information content (AvgIpc) is 3.41. The number of ketones is 1. The lowest BCUT2D eigenvalue weighted by Crippen LogP contribution is -2.11. The third-order valence-corrected chi connectivity index (χ3v) is 4.59. The second-order valence-corrected chi connectivity index (χ2v) is 6.69. The largest absolute Gasteiger partial charge is 0.508 e. The number of epoxide rings is 1. The van der Waals surface area contributed by atoms with E-state index in [1.165, 1.54) is 25.3 Å². The van der Waals surface area contributed by atoms with Crippen molar-refractivity contribution in [3.63, 3.8) is 0 Å². The standard InChI is InChI=1S/C21H22O6/c1-11(2)4-9-14-15(23)10-16(26-3)17(18(14)24)19(25)21-20(27-21)12-5-7-13(22)8-6-12/h5-8,10,20-24H,1,4,9H2,2-3H3/t20-,21+/m1/s1. The maximum absolute atomic E-state index is 12.9. The number of carbonyl (C=O) groups excluding carboxylic acids is 1. The van der Waals surface area contributed by atoms with Crippen molar-refractivity contribution in [1.29, 1.82) is 0 Å². The Kier molecular flexibility index (Phi) is 5.10. The number of ether oxygens (including phenoxy) is 2. The Hall–Kier alpha value is -2.99. The van der Waals surface area contributed by atoms with Crippen molar-refractivity contribution >= 4 is 5.78 Å². The molecular weight excluding hydrogens is 348 g/mol. The highest BCUT2D eigenvalue weighted by molar-refractivity contribution is 6.06. The summed E-state index contributed by atoms with van der Waals surface area (Å²) in [6, 6.07) is 7.73. The molecule has 2 atom stereocenters. The van der Waals surface area contributed by atoms with Crippen LogP contribution in [0.2, 0.25) is 0 Å². The molecule has 0 aromatic heterocycles. The van der Waals surface area contributed by atoms with Crippen molar-refractivity contribution in [2.45, 2.75) is 32.0 Å². The first-order valence-electron chi connectivity index (χ1n) is 8.58. The summed E-state index contributed by atoms with van der Waals surface area (Å²) >= 11 is 0. The van der Waals surface area contributed by atoms with Gasteiger partial charge in [0.2, 0.25) is 5.78 Å². The smallest absolute Gasteiger partial charge is 0.202 e. The van der Waals surface area contributed by atoms with Crippen LogP contribution < -0.4 is 4.74 Å². The lowest BCUT2D eigenvalue weighted by molar-refractivity contribution is 0.0947. The number of benzene rings is 2. The molecule has 6 heteroatoms. The van der Waals surface area contributed by atoms with E-state index in [0.717, 1.165) is 11.1 Å². The Labute approximate surface area is 157 Å². The molecule has 2 aromatic carbocycles. The number of phenolic OH excluding ortho intramolecular Hbond substituents is 3. The maximum atomic E-state index is 12.9. The molecule has 2 aromatic rings. The summed E-state index contributed by atoms with van der Waals surface area (Å²) in [6.07, 6.45) is -0.288. The minimum Gasteiger partial charge on any atom is -0.508 e. The Bertz CT molecular complexity index is 885. The Morgan fingerprint density at radius 3 is 2.48 bits per heavy atom. The van der Waals surface area contributed by atoms with Gasteiger partial charge in [-0.15, -0.1) is 6.58 Å². The van der Waals surface area contributed by atoms with Crippen LogP contribution in [-0.2, 0) is 11.2 Å². The highest BCUT2D eigenvalue weighted by Gasteiger charge is 2.48. The molecule has 0 bridgehead atoms. The lowest BCUT2D eigenvalue weighted by Gasteiger charge is -2.15. The molecule has 142 valence electrons. The molecule has 0 saturated carbocycles. The van der Waals surface area contributed by atoms with E-state index in [2.05, 4.69) is 6.58 Å². The molecule has 1 heterocycles. The number of phenols is 3. The fraction of sp³-hybridized carbons (Fsp3) is 0.286. The van der Waals surface area contributed by atoms with E-state index < -0.39 is 18.0 Å². The van der Waals surface area contributed by atoms with Gasteiger partial charge in [-0.2, -0.15) is 0 Å². The van der Waals surface area contributed by atoms with Crippen LogP contribution in [-0.4, -0.2) is 34.3 Å². The quantitative estimate of drug-likeness (QED) is 0.391. The number of rotatable bonds is 7. The number of hydrogen-bond donors (Lipinski definition) is 3. The van der Waals surface area contributed by atoms with Gasteiger partial charge in [-0.3, -0.25) is 4.79 Å². The van der Waals surface area contributed by atoms with E-state index in [1.54, 1.807) is 12.1 Å². The normalized spacial score (nSPS) is 18.1. The van der Waals surface area contributed by atoms with Gasteiger partial charge in [-0.05, 0) is 37.5 Å². The lowest BCUT2D eigenvalue weighted by atomic mass is 9.95. The minimum absolute atomic E-state index is 0.00158. The Balaban J connectivity index is 1.90. The molecule has 0 aliphatic carbocycles. The van der Waals surface area contributed by atoms with Crippen molar-refractivity contribution in [3.05, 3.63) is 59.2 Å². The van der Waals surface area contributed by atoms with Crippen molar-refractivity contribution in [2.75, 3.05) is 7.11 Å². The number of aromatic hydroxyl groups is 3. The number of allylic oxidation sites excluding steroid dienone is 1. The summed E-state index contributed by atoms with van der Waals surface area (Å²) in [6.45, 7) is 5.67. The molecule has 6 nitrogen and oxygen atoms in total. The molecule has 0 spiro atoms. The van der Waals surface area contributed by atoms with Gasteiger partial charge < -0.3 is 24.8 Å². The van der Waals surface area contributed by atoms with Crippen LogP contribution in [0.1, 0.15) is 40.9 Å². The second kappa shape index (κ2) is 7.32. The summed E-state index contributed by atoms with van der Waals surface area (Å²) in [5.41, 5.74) is 1.93. The van der Waals surface area contributed by atoms with Crippen LogP contribution in [0.25, 0.3) is 0 Å². The fourth-order valence-electron chi connectivity index (χ4n) is 3.03. The third-order valence-electron chi connectivity index (χ3n) is 4.59. The molecule has 1 fully saturated rings. The Morgan fingerprint density at radius 2 is 1.89 bits per heavy atom. The van der Waals surface area contributed by atoms with Crippen LogP contribution in [0.5, 0.6) is 23.0 Å². The first-order chi connectivity index (χ1) is 12.8. The van der Waals surface area contributed by atoms with Crippen LogP contribution in [0, 0.1) is 0 Å². The molecule has 0 radical (unpaired) electrons. The third kappa shape index (κ3) is 3.75. The zero-order valence-corrected chi connectivity index (χ0v) is 15.2. The van der Waals surface area contributed by atoms with Gasteiger partial charge in [0.1, 0.15) is 34.7 Å². The van der Waals surface area contributed by atoms with Gasteiger partial charge in [0.05, 0.1) is 7.11 Å².